The molecule has 1 N–H and O–H groups in total. The third kappa shape index (κ3) is 3.56. The lowest BCUT2D eigenvalue weighted by atomic mass is 10.0. The van der Waals surface area contributed by atoms with Gasteiger partial charge in [0.1, 0.15) is 6.04 Å². The van der Waals surface area contributed by atoms with Crippen LogP contribution >= 0.6 is 0 Å². The third-order valence-electron chi connectivity index (χ3n) is 2.79. The van der Waals surface area contributed by atoms with Crippen molar-refractivity contribution in [2.24, 2.45) is 0 Å². The van der Waals surface area contributed by atoms with E-state index in [1.807, 2.05) is 39.0 Å². The monoisotopic (exact) mass is 235 g/mol. The van der Waals surface area contributed by atoms with Crippen LogP contribution in [-0.2, 0) is 9.53 Å². The summed E-state index contributed by atoms with van der Waals surface area (Å²) < 4.78 is 5.08. The summed E-state index contributed by atoms with van der Waals surface area (Å²) in [6.07, 6.45) is 0. The Labute approximate surface area is 103 Å². The van der Waals surface area contributed by atoms with E-state index in [1.165, 1.54) is 11.1 Å². The second-order valence-electron chi connectivity index (χ2n) is 4.09. The highest BCUT2D eigenvalue weighted by molar-refractivity contribution is 5.77. The number of hydrogen-bond acceptors (Lipinski definition) is 3. The van der Waals surface area contributed by atoms with Gasteiger partial charge in [0.15, 0.2) is 0 Å². The highest BCUT2D eigenvalue weighted by atomic mass is 16.5. The van der Waals surface area contributed by atoms with Gasteiger partial charge in [-0.25, -0.2) is 4.79 Å². The maximum Gasteiger partial charge on any atom is 0.327 e. The number of carbonyl (C=O) groups is 1. The van der Waals surface area contributed by atoms with E-state index < -0.39 is 0 Å². The fraction of sp³-hybridized carbons (Fsp3) is 0.500. The van der Waals surface area contributed by atoms with Gasteiger partial charge in [0, 0.05) is 0 Å². The molecule has 1 rings (SSSR count). The number of esters is 1. The molecule has 94 valence electrons. The molecule has 0 amide bonds. The lowest BCUT2D eigenvalue weighted by Gasteiger charge is -2.17. The van der Waals surface area contributed by atoms with Gasteiger partial charge >= 0.3 is 5.97 Å². The molecule has 0 aromatic heterocycles. The zero-order valence-corrected chi connectivity index (χ0v) is 11.0. The molecule has 1 atom stereocenters. The van der Waals surface area contributed by atoms with Gasteiger partial charge in [-0.1, -0.05) is 25.1 Å². The molecule has 0 saturated carbocycles. The minimum atomic E-state index is -0.362. The van der Waals surface area contributed by atoms with Crippen LogP contribution in [0.15, 0.2) is 18.2 Å². The number of benzene rings is 1. The van der Waals surface area contributed by atoms with E-state index in [0.717, 1.165) is 12.1 Å². The molecule has 0 aliphatic carbocycles. The molecule has 0 aliphatic rings. The van der Waals surface area contributed by atoms with E-state index in [9.17, 15) is 4.79 Å². The average Bonchev–Trinajstić information content (AvgIpc) is 2.30. The van der Waals surface area contributed by atoms with Crippen LogP contribution in [0.5, 0.6) is 0 Å². The summed E-state index contributed by atoms with van der Waals surface area (Å²) in [4.78, 5) is 11.8. The second kappa shape index (κ2) is 6.40. The van der Waals surface area contributed by atoms with Crippen LogP contribution in [0.1, 0.15) is 36.6 Å². The summed E-state index contributed by atoms with van der Waals surface area (Å²) in [6, 6.07) is 5.69. The molecule has 17 heavy (non-hydrogen) atoms. The topological polar surface area (TPSA) is 38.3 Å². The smallest absolute Gasteiger partial charge is 0.327 e. The standard InChI is InChI=1S/C14H21NO2/c1-5-15-13(14(16)17-6-2)12-8-7-10(3)11(4)9-12/h7-9,13,15H,5-6H2,1-4H3. The van der Waals surface area contributed by atoms with E-state index >= 15 is 0 Å². The molecule has 0 bridgehead atoms. The predicted molar refractivity (Wildman–Crippen MR) is 69.0 cm³/mol. The summed E-state index contributed by atoms with van der Waals surface area (Å²) >= 11 is 0. The van der Waals surface area contributed by atoms with E-state index in [4.69, 9.17) is 4.74 Å². The lowest BCUT2D eigenvalue weighted by Crippen LogP contribution is -2.30. The van der Waals surface area contributed by atoms with Gasteiger partial charge in [-0.05, 0) is 44.0 Å². The van der Waals surface area contributed by atoms with Gasteiger partial charge in [-0.2, -0.15) is 0 Å². The first-order chi connectivity index (χ1) is 8.10. The summed E-state index contributed by atoms with van der Waals surface area (Å²) in [6.45, 7) is 9.05. The number of hydrogen-bond donors (Lipinski definition) is 1. The Kier molecular flexibility index (Phi) is 5.16. The van der Waals surface area contributed by atoms with Gasteiger partial charge in [0.05, 0.1) is 6.61 Å². The summed E-state index contributed by atoms with van der Waals surface area (Å²) in [5, 5.41) is 3.16. The van der Waals surface area contributed by atoms with Crippen molar-refractivity contribution in [2.45, 2.75) is 33.7 Å². The normalized spacial score (nSPS) is 12.2. The van der Waals surface area contributed by atoms with Crippen molar-refractivity contribution < 1.29 is 9.53 Å². The molecule has 0 fully saturated rings. The van der Waals surface area contributed by atoms with E-state index in [2.05, 4.69) is 12.2 Å². The van der Waals surface area contributed by atoms with Crippen molar-refractivity contribution >= 4 is 5.97 Å². The zero-order valence-electron chi connectivity index (χ0n) is 11.0. The summed E-state index contributed by atoms with van der Waals surface area (Å²) in [5.74, 6) is -0.211. The first-order valence-corrected chi connectivity index (χ1v) is 6.07. The molecule has 3 nitrogen and oxygen atoms in total. The maximum atomic E-state index is 11.8. The molecule has 0 saturated heterocycles. The molecular formula is C14H21NO2. The number of rotatable bonds is 5. The highest BCUT2D eigenvalue weighted by Crippen LogP contribution is 2.18. The first kappa shape index (κ1) is 13.7. The Morgan fingerprint density at radius 1 is 1.29 bits per heavy atom. The number of ether oxygens (including phenoxy) is 1. The largest absolute Gasteiger partial charge is 0.465 e. The predicted octanol–water partition coefficient (Wildman–Crippen LogP) is 2.52. The molecule has 0 radical (unpaired) electrons. The van der Waals surface area contributed by atoms with Gasteiger partial charge < -0.3 is 10.1 Å². The van der Waals surface area contributed by atoms with Crippen LogP contribution in [0.3, 0.4) is 0 Å². The van der Waals surface area contributed by atoms with Crippen LogP contribution < -0.4 is 5.32 Å². The minimum absolute atomic E-state index is 0.211. The van der Waals surface area contributed by atoms with Gasteiger partial charge in [0.25, 0.3) is 0 Å². The van der Waals surface area contributed by atoms with Crippen molar-refractivity contribution in [3.63, 3.8) is 0 Å². The van der Waals surface area contributed by atoms with Crippen molar-refractivity contribution in [3.8, 4) is 0 Å². The molecule has 0 spiro atoms. The fourth-order valence-corrected chi connectivity index (χ4v) is 1.71. The van der Waals surface area contributed by atoms with Crippen molar-refractivity contribution in [3.05, 3.63) is 34.9 Å². The number of likely N-dealkylation sites (N-methyl/N-ethyl adjacent to an activating group) is 1. The molecule has 0 aliphatic heterocycles. The van der Waals surface area contributed by atoms with Crippen LogP contribution in [0.2, 0.25) is 0 Å². The van der Waals surface area contributed by atoms with Crippen LogP contribution in [-0.4, -0.2) is 19.1 Å². The lowest BCUT2D eigenvalue weighted by molar-refractivity contribution is -0.145. The summed E-state index contributed by atoms with van der Waals surface area (Å²) in [5.41, 5.74) is 3.39. The number of aryl methyl sites for hydroxylation is 2. The minimum Gasteiger partial charge on any atom is -0.465 e. The SMILES string of the molecule is CCNC(C(=O)OCC)c1ccc(C)c(C)c1. The Balaban J connectivity index is 2.96. The maximum absolute atomic E-state index is 11.8. The second-order valence-corrected chi connectivity index (χ2v) is 4.09. The van der Waals surface area contributed by atoms with Crippen molar-refractivity contribution in [1.82, 2.24) is 5.32 Å². The molecule has 3 heteroatoms. The molecular weight excluding hydrogens is 214 g/mol. The van der Waals surface area contributed by atoms with E-state index in [-0.39, 0.29) is 12.0 Å². The van der Waals surface area contributed by atoms with E-state index in [0.29, 0.717) is 6.61 Å². The molecule has 0 heterocycles. The first-order valence-electron chi connectivity index (χ1n) is 6.07. The van der Waals surface area contributed by atoms with Crippen molar-refractivity contribution in [1.29, 1.82) is 0 Å². The summed E-state index contributed by atoms with van der Waals surface area (Å²) in [7, 11) is 0. The van der Waals surface area contributed by atoms with Crippen molar-refractivity contribution in [2.75, 3.05) is 13.2 Å². The van der Waals surface area contributed by atoms with Gasteiger partial charge in [0.2, 0.25) is 0 Å². The van der Waals surface area contributed by atoms with Gasteiger partial charge in [-0.3, -0.25) is 0 Å². The number of nitrogens with one attached hydrogen (secondary N) is 1. The quantitative estimate of drug-likeness (QED) is 0.797. The highest BCUT2D eigenvalue weighted by Gasteiger charge is 2.20. The Bertz CT molecular complexity index is 388. The average molecular weight is 235 g/mol. The van der Waals surface area contributed by atoms with Crippen LogP contribution in [0.25, 0.3) is 0 Å². The zero-order chi connectivity index (χ0) is 12.8. The molecule has 1 unspecified atom stereocenters. The molecule has 1 aromatic carbocycles. The molecule has 1 aromatic rings. The third-order valence-corrected chi connectivity index (χ3v) is 2.79. The fourth-order valence-electron chi connectivity index (χ4n) is 1.71. The number of carbonyl (C=O) groups excluding carboxylic acids is 1. The Morgan fingerprint density at radius 3 is 2.53 bits per heavy atom. The van der Waals surface area contributed by atoms with E-state index in [1.54, 1.807) is 0 Å². The Morgan fingerprint density at radius 2 is 2.00 bits per heavy atom. The van der Waals surface area contributed by atoms with Gasteiger partial charge in [-0.15, -0.1) is 0 Å². The van der Waals surface area contributed by atoms with Crippen LogP contribution in [0, 0.1) is 13.8 Å². The van der Waals surface area contributed by atoms with Crippen LogP contribution in [0.4, 0.5) is 0 Å². The Hall–Kier alpha value is -1.35.